The van der Waals surface area contributed by atoms with Gasteiger partial charge in [0.1, 0.15) is 12.3 Å². The number of carbonyl (C=O) groups is 3. The van der Waals surface area contributed by atoms with Gasteiger partial charge in [0.2, 0.25) is 0 Å². The number of fused-ring (bicyclic) bond motifs is 1. The molecule has 3 rings (SSSR count). The first-order chi connectivity index (χ1) is 12.5. The fourth-order valence-corrected chi connectivity index (χ4v) is 2.91. The molecule has 1 fully saturated rings. The number of benzene rings is 1. The number of rotatable bonds is 6. The Morgan fingerprint density at radius 2 is 2.19 bits per heavy atom. The summed E-state index contributed by atoms with van der Waals surface area (Å²) >= 11 is 0. The summed E-state index contributed by atoms with van der Waals surface area (Å²) in [6, 6.07) is 6.95. The molecule has 140 valence electrons. The average molecular weight is 362 g/mol. The molecule has 2 heterocycles. The highest BCUT2D eigenvalue weighted by atomic mass is 16.5. The smallest absolute Gasteiger partial charge is 0.326 e. The van der Waals surface area contributed by atoms with Gasteiger partial charge in [0, 0.05) is 13.2 Å². The molecule has 8 heteroatoms. The minimum absolute atomic E-state index is 0.0179. The van der Waals surface area contributed by atoms with E-state index in [1.165, 1.54) is 11.8 Å². The molecule has 0 bridgehead atoms. The van der Waals surface area contributed by atoms with Crippen LogP contribution in [0.1, 0.15) is 19.8 Å². The third-order valence-electron chi connectivity index (χ3n) is 4.30. The van der Waals surface area contributed by atoms with Gasteiger partial charge in [-0.2, -0.15) is 0 Å². The number of anilines is 1. The van der Waals surface area contributed by atoms with Crippen molar-refractivity contribution in [3.05, 3.63) is 24.3 Å². The molecule has 1 aromatic rings. The summed E-state index contributed by atoms with van der Waals surface area (Å²) in [6.45, 7) is 2.19. The molecule has 1 saturated heterocycles. The first kappa shape index (κ1) is 18.2. The van der Waals surface area contributed by atoms with E-state index in [0.717, 1.165) is 12.8 Å². The second-order valence-corrected chi connectivity index (χ2v) is 6.25. The van der Waals surface area contributed by atoms with Gasteiger partial charge < -0.3 is 19.5 Å². The maximum Gasteiger partial charge on any atom is 0.326 e. The lowest BCUT2D eigenvalue weighted by Crippen LogP contribution is -2.44. The summed E-state index contributed by atoms with van der Waals surface area (Å²) in [5, 5.41) is 2.72. The Bertz CT molecular complexity index is 686. The molecular formula is C18H22N2O6. The summed E-state index contributed by atoms with van der Waals surface area (Å²) < 4.78 is 15.9. The Morgan fingerprint density at radius 1 is 1.38 bits per heavy atom. The van der Waals surface area contributed by atoms with E-state index in [9.17, 15) is 14.4 Å². The highest BCUT2D eigenvalue weighted by Gasteiger charge is 2.29. The van der Waals surface area contributed by atoms with Gasteiger partial charge in [-0.15, -0.1) is 0 Å². The SMILES string of the molecule is CC(OC(=O)CN1C(=O)COc2ccccc21)C(=O)NCC1CCCO1. The maximum atomic E-state index is 12.2. The molecule has 0 saturated carbocycles. The van der Waals surface area contributed by atoms with Crippen molar-refractivity contribution in [2.75, 3.05) is 31.2 Å². The van der Waals surface area contributed by atoms with E-state index in [1.807, 2.05) is 0 Å². The Hall–Kier alpha value is -2.61. The zero-order valence-electron chi connectivity index (χ0n) is 14.6. The van der Waals surface area contributed by atoms with Crippen LogP contribution >= 0.6 is 0 Å². The molecule has 0 aromatic heterocycles. The number of esters is 1. The van der Waals surface area contributed by atoms with Crippen molar-refractivity contribution in [1.82, 2.24) is 5.32 Å². The number of carbonyl (C=O) groups excluding carboxylic acids is 3. The molecule has 2 atom stereocenters. The summed E-state index contributed by atoms with van der Waals surface area (Å²) in [5.41, 5.74) is 0.510. The molecule has 2 unspecified atom stereocenters. The third kappa shape index (κ3) is 4.32. The number of nitrogens with zero attached hydrogens (tertiary/aromatic N) is 1. The van der Waals surface area contributed by atoms with Crippen LogP contribution in [-0.4, -0.2) is 56.3 Å². The molecule has 0 aliphatic carbocycles. The van der Waals surface area contributed by atoms with Gasteiger partial charge in [0.15, 0.2) is 12.7 Å². The zero-order chi connectivity index (χ0) is 18.5. The van der Waals surface area contributed by atoms with Crippen LogP contribution in [0.2, 0.25) is 0 Å². The average Bonchev–Trinajstić information content (AvgIpc) is 3.15. The van der Waals surface area contributed by atoms with Crippen molar-refractivity contribution >= 4 is 23.5 Å². The molecule has 2 aliphatic heterocycles. The molecule has 2 aliphatic rings. The minimum atomic E-state index is -0.949. The van der Waals surface area contributed by atoms with Crippen LogP contribution in [0.15, 0.2) is 24.3 Å². The molecule has 8 nitrogen and oxygen atoms in total. The first-order valence-corrected chi connectivity index (χ1v) is 8.65. The van der Waals surface area contributed by atoms with Crippen LogP contribution in [0.4, 0.5) is 5.69 Å². The summed E-state index contributed by atoms with van der Waals surface area (Å²) in [6.07, 6.45) is 0.965. The van der Waals surface area contributed by atoms with Crippen LogP contribution < -0.4 is 15.0 Å². The van der Waals surface area contributed by atoms with Crippen molar-refractivity contribution in [1.29, 1.82) is 0 Å². The Balaban J connectivity index is 1.51. The maximum absolute atomic E-state index is 12.2. The van der Waals surface area contributed by atoms with Gasteiger partial charge in [-0.1, -0.05) is 12.1 Å². The predicted molar refractivity (Wildman–Crippen MR) is 91.8 cm³/mol. The summed E-state index contributed by atoms with van der Waals surface area (Å²) in [5.74, 6) is -0.851. The standard InChI is InChI=1S/C18H22N2O6/c1-12(18(23)19-9-13-5-4-8-24-13)26-17(22)10-20-14-6-2-3-7-15(14)25-11-16(20)21/h2-3,6-7,12-13H,4-5,8-11H2,1H3,(H,19,23). The van der Waals surface area contributed by atoms with Crippen molar-refractivity contribution in [2.24, 2.45) is 0 Å². The number of para-hydroxylation sites is 2. The second kappa shape index (κ2) is 8.18. The van der Waals surface area contributed by atoms with Gasteiger partial charge >= 0.3 is 5.97 Å². The Morgan fingerprint density at radius 3 is 2.96 bits per heavy atom. The van der Waals surface area contributed by atoms with E-state index >= 15 is 0 Å². The van der Waals surface area contributed by atoms with Crippen LogP contribution in [0.3, 0.4) is 0 Å². The van der Waals surface area contributed by atoms with E-state index in [0.29, 0.717) is 24.6 Å². The fourth-order valence-electron chi connectivity index (χ4n) is 2.91. The zero-order valence-corrected chi connectivity index (χ0v) is 14.6. The van der Waals surface area contributed by atoms with Gasteiger partial charge in [-0.05, 0) is 31.9 Å². The topological polar surface area (TPSA) is 94.2 Å². The normalized spacial score (nSPS) is 20.1. The van der Waals surface area contributed by atoms with Crippen LogP contribution in [-0.2, 0) is 23.9 Å². The van der Waals surface area contributed by atoms with Gasteiger partial charge in [-0.25, -0.2) is 0 Å². The molecule has 0 spiro atoms. The monoisotopic (exact) mass is 362 g/mol. The molecule has 0 radical (unpaired) electrons. The number of amides is 2. The van der Waals surface area contributed by atoms with Crippen molar-refractivity contribution in [2.45, 2.75) is 32.0 Å². The first-order valence-electron chi connectivity index (χ1n) is 8.65. The summed E-state index contributed by atoms with van der Waals surface area (Å²) in [7, 11) is 0. The lowest BCUT2D eigenvalue weighted by atomic mass is 10.2. The van der Waals surface area contributed by atoms with E-state index in [-0.39, 0.29) is 31.1 Å². The Kier molecular flexibility index (Phi) is 5.72. The summed E-state index contributed by atoms with van der Waals surface area (Å²) in [4.78, 5) is 37.6. The van der Waals surface area contributed by atoms with Crippen molar-refractivity contribution in [3.63, 3.8) is 0 Å². The highest BCUT2D eigenvalue weighted by Crippen LogP contribution is 2.31. The molecule has 26 heavy (non-hydrogen) atoms. The number of ether oxygens (including phenoxy) is 3. The van der Waals surface area contributed by atoms with Gasteiger partial charge in [-0.3, -0.25) is 19.3 Å². The quantitative estimate of drug-likeness (QED) is 0.747. The molecule has 1 aromatic carbocycles. The number of hydrogen-bond donors (Lipinski definition) is 1. The largest absolute Gasteiger partial charge is 0.482 e. The van der Waals surface area contributed by atoms with E-state index in [2.05, 4.69) is 5.32 Å². The lowest BCUT2D eigenvalue weighted by Gasteiger charge is -2.28. The second-order valence-electron chi connectivity index (χ2n) is 6.25. The number of hydrogen-bond acceptors (Lipinski definition) is 6. The Labute approximate surface area is 151 Å². The van der Waals surface area contributed by atoms with Crippen LogP contribution in [0.25, 0.3) is 0 Å². The fraction of sp³-hybridized carbons (Fsp3) is 0.500. The van der Waals surface area contributed by atoms with Gasteiger partial charge in [0.05, 0.1) is 11.8 Å². The molecular weight excluding hydrogens is 340 g/mol. The minimum Gasteiger partial charge on any atom is -0.482 e. The highest BCUT2D eigenvalue weighted by molar-refractivity contribution is 6.01. The van der Waals surface area contributed by atoms with Crippen LogP contribution in [0.5, 0.6) is 5.75 Å². The predicted octanol–water partition coefficient (Wildman–Crippen LogP) is 0.639. The van der Waals surface area contributed by atoms with E-state index < -0.39 is 12.1 Å². The van der Waals surface area contributed by atoms with E-state index in [1.54, 1.807) is 24.3 Å². The molecule has 1 N–H and O–H groups in total. The lowest BCUT2D eigenvalue weighted by molar-refractivity contribution is -0.154. The number of nitrogens with one attached hydrogen (secondary N) is 1. The van der Waals surface area contributed by atoms with E-state index in [4.69, 9.17) is 14.2 Å². The molecule has 2 amide bonds. The van der Waals surface area contributed by atoms with Crippen molar-refractivity contribution < 1.29 is 28.6 Å². The third-order valence-corrected chi connectivity index (χ3v) is 4.30. The van der Waals surface area contributed by atoms with Gasteiger partial charge in [0.25, 0.3) is 11.8 Å². The van der Waals surface area contributed by atoms with Crippen molar-refractivity contribution in [3.8, 4) is 5.75 Å². The van der Waals surface area contributed by atoms with Crippen LogP contribution in [0, 0.1) is 0 Å².